The van der Waals surface area contributed by atoms with Crippen molar-refractivity contribution < 1.29 is 4.39 Å². The molecule has 0 saturated carbocycles. The lowest BCUT2D eigenvalue weighted by molar-refractivity contribution is 0.321. The van der Waals surface area contributed by atoms with Crippen LogP contribution in [0.2, 0.25) is 0 Å². The van der Waals surface area contributed by atoms with E-state index >= 15 is 0 Å². The number of allylic oxidation sites excluding steroid dienone is 1. The highest BCUT2D eigenvalue weighted by Crippen LogP contribution is 2.38. The predicted octanol–water partition coefficient (Wildman–Crippen LogP) is 8.10. The van der Waals surface area contributed by atoms with E-state index in [0.717, 1.165) is 43.4 Å². The van der Waals surface area contributed by atoms with Crippen LogP contribution in [0.15, 0.2) is 60.8 Å². The van der Waals surface area contributed by atoms with Crippen LogP contribution in [0.1, 0.15) is 79.6 Å². The molecule has 0 amide bonds. The molecule has 1 heterocycles. The molecular formula is C33H41FN2. The Morgan fingerprint density at radius 2 is 1.86 bits per heavy atom. The van der Waals surface area contributed by atoms with Crippen molar-refractivity contribution in [2.75, 3.05) is 14.1 Å². The zero-order valence-corrected chi connectivity index (χ0v) is 22.9. The lowest BCUT2D eigenvalue weighted by Gasteiger charge is -2.29. The summed E-state index contributed by atoms with van der Waals surface area (Å²) in [5.41, 5.74) is 10.7. The molecule has 0 radical (unpaired) electrons. The molecule has 3 atom stereocenters. The van der Waals surface area contributed by atoms with Gasteiger partial charge in [0.25, 0.3) is 0 Å². The zero-order chi connectivity index (χ0) is 26.0. The Morgan fingerprint density at radius 3 is 2.56 bits per heavy atom. The maximum absolute atomic E-state index is 15.0. The van der Waals surface area contributed by atoms with Gasteiger partial charge in [-0.3, -0.25) is 4.98 Å². The number of aromatic nitrogens is 1. The first-order chi connectivity index (χ1) is 17.2. The van der Waals surface area contributed by atoms with Gasteiger partial charge in [-0.15, -0.1) is 0 Å². The summed E-state index contributed by atoms with van der Waals surface area (Å²) < 4.78 is 15.0. The molecule has 0 N–H and O–H groups in total. The molecule has 1 aliphatic rings. The van der Waals surface area contributed by atoms with E-state index in [1.807, 2.05) is 6.07 Å². The van der Waals surface area contributed by atoms with Gasteiger partial charge in [0.15, 0.2) is 0 Å². The van der Waals surface area contributed by atoms with E-state index in [0.29, 0.717) is 17.4 Å². The Morgan fingerprint density at radius 1 is 1.08 bits per heavy atom. The molecule has 0 aliphatic heterocycles. The Bertz CT molecular complexity index is 1240. The minimum atomic E-state index is -0.254. The Hall–Kier alpha value is -2.78. The van der Waals surface area contributed by atoms with E-state index in [1.54, 1.807) is 0 Å². The van der Waals surface area contributed by atoms with Gasteiger partial charge in [-0.25, -0.2) is 4.39 Å². The van der Waals surface area contributed by atoms with Gasteiger partial charge >= 0.3 is 0 Å². The highest BCUT2D eigenvalue weighted by atomic mass is 19.1. The van der Waals surface area contributed by atoms with Crippen molar-refractivity contribution in [1.82, 2.24) is 9.88 Å². The van der Waals surface area contributed by atoms with E-state index in [4.69, 9.17) is 0 Å². The average molecular weight is 485 g/mol. The molecule has 0 saturated heterocycles. The first-order valence-corrected chi connectivity index (χ1v) is 13.4. The summed E-state index contributed by atoms with van der Waals surface area (Å²) in [6.07, 6.45) is 6.52. The number of aryl methyl sites for hydroxylation is 2. The third kappa shape index (κ3) is 5.62. The van der Waals surface area contributed by atoms with Crippen LogP contribution < -0.4 is 0 Å². The first-order valence-electron chi connectivity index (χ1n) is 13.4. The predicted molar refractivity (Wildman–Crippen MR) is 150 cm³/mol. The maximum atomic E-state index is 15.0. The van der Waals surface area contributed by atoms with Crippen LogP contribution >= 0.6 is 0 Å². The monoisotopic (exact) mass is 484 g/mol. The molecule has 36 heavy (non-hydrogen) atoms. The summed E-state index contributed by atoms with van der Waals surface area (Å²) in [6, 6.07) is 15.9. The third-order valence-corrected chi connectivity index (χ3v) is 8.22. The van der Waals surface area contributed by atoms with Gasteiger partial charge in [0.05, 0.1) is 6.20 Å². The van der Waals surface area contributed by atoms with Crippen LogP contribution in [0.4, 0.5) is 4.39 Å². The van der Waals surface area contributed by atoms with Gasteiger partial charge in [0, 0.05) is 17.3 Å². The van der Waals surface area contributed by atoms with E-state index < -0.39 is 0 Å². The van der Waals surface area contributed by atoms with Crippen LogP contribution in [0.25, 0.3) is 11.1 Å². The van der Waals surface area contributed by atoms with Crippen molar-refractivity contribution in [3.8, 4) is 11.1 Å². The van der Waals surface area contributed by atoms with Crippen LogP contribution in [0, 0.1) is 11.7 Å². The third-order valence-electron chi connectivity index (χ3n) is 8.22. The van der Waals surface area contributed by atoms with Crippen molar-refractivity contribution >= 4 is 0 Å². The average Bonchev–Trinajstić information content (AvgIpc) is 2.87. The first kappa shape index (κ1) is 26.3. The smallest absolute Gasteiger partial charge is 0.149 e. The van der Waals surface area contributed by atoms with Crippen LogP contribution in [0.3, 0.4) is 0 Å². The molecule has 3 aromatic rings. The maximum Gasteiger partial charge on any atom is 0.149 e. The Labute approximate surface area is 217 Å². The van der Waals surface area contributed by atoms with Gasteiger partial charge in [0.1, 0.15) is 5.82 Å². The van der Waals surface area contributed by atoms with Gasteiger partial charge in [0.2, 0.25) is 0 Å². The molecular weight excluding hydrogens is 443 g/mol. The molecule has 0 spiro atoms. The topological polar surface area (TPSA) is 16.1 Å². The second-order valence-electron chi connectivity index (χ2n) is 11.0. The number of benzene rings is 2. The second-order valence-corrected chi connectivity index (χ2v) is 11.0. The zero-order valence-electron chi connectivity index (χ0n) is 22.9. The largest absolute Gasteiger partial charge is 0.303 e. The fraction of sp³-hybridized carbons (Fsp3) is 0.424. The minimum Gasteiger partial charge on any atom is -0.303 e. The summed E-state index contributed by atoms with van der Waals surface area (Å²) in [5, 5.41) is 0. The molecule has 2 unspecified atom stereocenters. The number of nitrogens with zero attached hydrogens (tertiary/aromatic N) is 2. The molecule has 0 fully saturated rings. The molecule has 2 nitrogen and oxygen atoms in total. The Kier molecular flexibility index (Phi) is 8.10. The highest BCUT2D eigenvalue weighted by Gasteiger charge is 2.24. The van der Waals surface area contributed by atoms with Crippen LogP contribution in [-0.4, -0.2) is 24.0 Å². The van der Waals surface area contributed by atoms with E-state index in [1.165, 1.54) is 39.6 Å². The highest BCUT2D eigenvalue weighted by molar-refractivity contribution is 5.69. The summed E-state index contributed by atoms with van der Waals surface area (Å²) in [4.78, 5) is 6.45. The van der Waals surface area contributed by atoms with Gasteiger partial charge < -0.3 is 4.90 Å². The number of hydrogen-bond acceptors (Lipinski definition) is 2. The summed E-state index contributed by atoms with van der Waals surface area (Å²) in [5.74, 6) is 0.712. The van der Waals surface area contributed by atoms with Gasteiger partial charge in [-0.1, -0.05) is 62.4 Å². The summed E-state index contributed by atoms with van der Waals surface area (Å²) >= 11 is 0. The Balaban J connectivity index is 1.68. The van der Waals surface area contributed by atoms with Crippen molar-refractivity contribution in [3.63, 3.8) is 0 Å². The standard InChI is InChI=1S/C33H41FN2/c1-8-29-19-32(33(34)20-35-29)30-14-13-27(18-31(30)23(5)36(6)7)26-12-11-25-10-9-24(16-28(25)17-26)15-22(4)21(2)3/h9-10,13-14,16,18-20,22-23,26H,2,8,11-12,15,17H2,1,3-7H3/t22?,23?,26-/m0/s1. The SMILES string of the molecule is C=C(C)C(C)Cc1ccc2c(c1)C[C@@H](c1ccc(-c3cc(CC)ncc3F)c(C(C)N(C)C)c1)CC2. The van der Waals surface area contributed by atoms with E-state index in [-0.39, 0.29) is 11.9 Å². The number of pyridine rings is 1. The number of hydrogen-bond donors (Lipinski definition) is 0. The molecule has 2 aromatic carbocycles. The molecule has 1 aliphatic carbocycles. The summed E-state index contributed by atoms with van der Waals surface area (Å²) in [6.45, 7) is 12.8. The van der Waals surface area contributed by atoms with E-state index in [2.05, 4.69) is 94.7 Å². The summed E-state index contributed by atoms with van der Waals surface area (Å²) in [7, 11) is 4.18. The molecule has 190 valence electrons. The number of fused-ring (bicyclic) bond motifs is 1. The van der Waals surface area contributed by atoms with Crippen molar-refractivity contribution in [2.24, 2.45) is 5.92 Å². The second kappa shape index (κ2) is 11.1. The van der Waals surface area contributed by atoms with Gasteiger partial charge in [-0.05, 0) is 111 Å². The lowest BCUT2D eigenvalue weighted by Crippen LogP contribution is -2.19. The van der Waals surface area contributed by atoms with Crippen molar-refractivity contribution in [2.45, 2.75) is 71.8 Å². The molecule has 0 bridgehead atoms. The van der Waals surface area contributed by atoms with Crippen molar-refractivity contribution in [3.05, 3.63) is 100 Å². The fourth-order valence-electron chi connectivity index (χ4n) is 5.34. The lowest BCUT2D eigenvalue weighted by atomic mass is 9.78. The van der Waals surface area contributed by atoms with Crippen molar-refractivity contribution in [1.29, 1.82) is 0 Å². The fourth-order valence-corrected chi connectivity index (χ4v) is 5.34. The molecule has 4 rings (SSSR count). The van der Waals surface area contributed by atoms with Crippen LogP contribution in [-0.2, 0) is 25.7 Å². The number of halogens is 1. The minimum absolute atomic E-state index is 0.170. The molecule has 3 heteroatoms. The normalized spacial score (nSPS) is 17.1. The number of rotatable bonds is 8. The molecule has 1 aromatic heterocycles. The van der Waals surface area contributed by atoms with E-state index in [9.17, 15) is 4.39 Å². The van der Waals surface area contributed by atoms with Gasteiger partial charge in [-0.2, -0.15) is 0 Å². The van der Waals surface area contributed by atoms with Crippen LogP contribution in [0.5, 0.6) is 0 Å². The quantitative estimate of drug-likeness (QED) is 0.300.